The first-order valence-electron chi connectivity index (χ1n) is 6.44. The van der Waals surface area contributed by atoms with Gasteiger partial charge in [-0.05, 0) is 38.3 Å². The van der Waals surface area contributed by atoms with Gasteiger partial charge in [0.15, 0.2) is 6.10 Å². The van der Waals surface area contributed by atoms with Gasteiger partial charge < -0.3 is 0 Å². The molecule has 1 aromatic rings. The normalized spacial score (nSPS) is 22.9. The van der Waals surface area contributed by atoms with Crippen molar-refractivity contribution in [3.05, 3.63) is 45.5 Å². The van der Waals surface area contributed by atoms with Crippen molar-refractivity contribution >= 4 is 0 Å². The van der Waals surface area contributed by atoms with Gasteiger partial charge in [-0.3, -0.25) is 10.1 Å². The van der Waals surface area contributed by atoms with E-state index in [0.29, 0.717) is 12.8 Å². The van der Waals surface area contributed by atoms with Crippen LogP contribution >= 0.6 is 0 Å². The average Bonchev–Trinajstić information content (AvgIpc) is 2.34. The molecule has 0 saturated heterocycles. The number of hydrogen-bond donors (Lipinski definition) is 0. The highest BCUT2D eigenvalue weighted by atomic mass is 17.2. The van der Waals surface area contributed by atoms with Crippen LogP contribution in [0.15, 0.2) is 24.3 Å². The van der Waals surface area contributed by atoms with Crippen molar-refractivity contribution in [1.29, 1.82) is 0 Å². The van der Waals surface area contributed by atoms with Gasteiger partial charge in [0.25, 0.3) is 0 Å². The molecule has 0 heterocycles. The van der Waals surface area contributed by atoms with Crippen molar-refractivity contribution in [1.82, 2.24) is 0 Å². The van der Waals surface area contributed by atoms with E-state index >= 15 is 0 Å². The fourth-order valence-electron chi connectivity index (χ4n) is 2.23. The summed E-state index contributed by atoms with van der Waals surface area (Å²) in [4.78, 5) is 21.6. The van der Waals surface area contributed by atoms with E-state index in [4.69, 9.17) is 9.78 Å². The van der Waals surface area contributed by atoms with Crippen LogP contribution in [0.3, 0.4) is 0 Å². The maximum absolute atomic E-state index is 11.2. The Morgan fingerprint density at radius 3 is 2.63 bits per heavy atom. The summed E-state index contributed by atoms with van der Waals surface area (Å²) in [6, 6.07) is 6.92. The van der Waals surface area contributed by atoms with Gasteiger partial charge in [0.1, 0.15) is 0 Å². The molecule has 0 spiro atoms. The van der Waals surface area contributed by atoms with Crippen molar-refractivity contribution in [2.45, 2.75) is 51.4 Å². The number of nitrogens with zero attached hydrogens (tertiary/aromatic N) is 1. The minimum absolute atomic E-state index is 0.271. The number of nitro groups is 1. The van der Waals surface area contributed by atoms with Gasteiger partial charge in [0.2, 0.25) is 6.04 Å². The maximum Gasteiger partial charge on any atom is 0.246 e. The minimum atomic E-state index is -0.753. The summed E-state index contributed by atoms with van der Waals surface area (Å²) in [7, 11) is 0. The Hall–Kier alpha value is -1.46. The highest BCUT2D eigenvalue weighted by Gasteiger charge is 2.40. The molecule has 2 unspecified atom stereocenters. The second-order valence-corrected chi connectivity index (χ2v) is 5.80. The predicted octanol–water partition coefficient (Wildman–Crippen LogP) is 3.07. The van der Waals surface area contributed by atoms with Crippen molar-refractivity contribution in [3.8, 4) is 0 Å². The summed E-state index contributed by atoms with van der Waals surface area (Å²) in [6.45, 7) is 5.55. The van der Waals surface area contributed by atoms with Gasteiger partial charge in [-0.25, -0.2) is 9.78 Å². The first-order valence-corrected chi connectivity index (χ1v) is 6.44. The Kier molecular flexibility index (Phi) is 3.87. The third kappa shape index (κ3) is 3.30. The minimum Gasteiger partial charge on any atom is -0.264 e. The van der Waals surface area contributed by atoms with Crippen LogP contribution in [-0.4, -0.2) is 16.6 Å². The number of rotatable bonds is 3. The molecule has 1 aromatic carbocycles. The summed E-state index contributed by atoms with van der Waals surface area (Å²) in [5, 5.41) is 11.2. The molecule has 0 saturated carbocycles. The van der Waals surface area contributed by atoms with Crippen LogP contribution in [0.5, 0.6) is 0 Å². The smallest absolute Gasteiger partial charge is 0.246 e. The number of aryl methyl sites for hydroxylation is 1. The lowest BCUT2D eigenvalue weighted by atomic mass is 9.86. The molecule has 5 nitrogen and oxygen atoms in total. The standard InChI is InChI=1S/C14H19NO4/c1-14(2,3)19-18-13-11-7-5-4-6-10(11)8-9-12(13)15(16)17/h4-7,12-13H,8-9H2,1-3H3. The molecular formula is C14H19NO4. The molecule has 0 N–H and O–H groups in total. The van der Waals surface area contributed by atoms with Gasteiger partial charge >= 0.3 is 0 Å². The summed E-state index contributed by atoms with van der Waals surface area (Å²) in [6.07, 6.45) is 0.540. The van der Waals surface area contributed by atoms with Crippen LogP contribution in [0, 0.1) is 10.1 Å². The SMILES string of the molecule is CC(C)(C)OOC1c2ccccc2CCC1[N+](=O)[O-]. The van der Waals surface area contributed by atoms with Gasteiger partial charge in [0.05, 0.1) is 5.60 Å². The third-order valence-electron chi connectivity index (χ3n) is 3.09. The van der Waals surface area contributed by atoms with Crippen molar-refractivity contribution in [2.75, 3.05) is 0 Å². The van der Waals surface area contributed by atoms with Crippen molar-refractivity contribution < 1.29 is 14.7 Å². The van der Waals surface area contributed by atoms with Crippen LogP contribution in [0.4, 0.5) is 0 Å². The fraction of sp³-hybridized carbons (Fsp3) is 0.571. The number of fused-ring (bicyclic) bond motifs is 1. The molecule has 104 valence electrons. The van der Waals surface area contributed by atoms with E-state index < -0.39 is 17.7 Å². The largest absolute Gasteiger partial charge is 0.264 e. The predicted molar refractivity (Wildman–Crippen MR) is 70.2 cm³/mol. The zero-order chi connectivity index (χ0) is 14.0. The van der Waals surface area contributed by atoms with Gasteiger partial charge in [-0.2, -0.15) is 0 Å². The van der Waals surface area contributed by atoms with Crippen LogP contribution < -0.4 is 0 Å². The molecule has 2 rings (SSSR count). The first kappa shape index (κ1) is 14.0. The zero-order valence-corrected chi connectivity index (χ0v) is 11.5. The van der Waals surface area contributed by atoms with E-state index in [-0.39, 0.29) is 4.92 Å². The first-order chi connectivity index (χ1) is 8.88. The Morgan fingerprint density at radius 1 is 1.32 bits per heavy atom. The third-order valence-corrected chi connectivity index (χ3v) is 3.09. The molecular weight excluding hydrogens is 246 g/mol. The molecule has 0 bridgehead atoms. The molecule has 0 aliphatic heterocycles. The lowest BCUT2D eigenvalue weighted by molar-refractivity contribution is -0.556. The van der Waals surface area contributed by atoms with Crippen LogP contribution in [0.1, 0.15) is 44.4 Å². The molecule has 1 aliphatic rings. The van der Waals surface area contributed by atoms with E-state index in [2.05, 4.69) is 0 Å². The summed E-state index contributed by atoms with van der Waals surface area (Å²) in [5.41, 5.74) is 1.47. The Labute approximate surface area is 112 Å². The molecule has 0 fully saturated rings. The molecule has 2 atom stereocenters. The zero-order valence-electron chi connectivity index (χ0n) is 11.5. The van der Waals surface area contributed by atoms with E-state index in [0.717, 1.165) is 11.1 Å². The molecule has 0 aromatic heterocycles. The van der Waals surface area contributed by atoms with Gasteiger partial charge in [0, 0.05) is 11.3 Å². The van der Waals surface area contributed by atoms with Crippen LogP contribution in [0.25, 0.3) is 0 Å². The quantitative estimate of drug-likeness (QED) is 0.478. The fourth-order valence-corrected chi connectivity index (χ4v) is 2.23. The molecule has 0 radical (unpaired) electrons. The lowest BCUT2D eigenvalue weighted by Crippen LogP contribution is -2.35. The summed E-state index contributed by atoms with van der Waals surface area (Å²) >= 11 is 0. The number of hydrogen-bond acceptors (Lipinski definition) is 4. The molecule has 0 amide bonds. The molecule has 1 aliphatic carbocycles. The highest BCUT2D eigenvalue weighted by molar-refractivity contribution is 5.32. The van der Waals surface area contributed by atoms with Crippen LogP contribution in [-0.2, 0) is 16.2 Å². The average molecular weight is 265 g/mol. The Balaban J connectivity index is 2.25. The highest BCUT2D eigenvalue weighted by Crippen LogP contribution is 2.35. The van der Waals surface area contributed by atoms with E-state index in [1.807, 2.05) is 45.0 Å². The topological polar surface area (TPSA) is 61.6 Å². The van der Waals surface area contributed by atoms with E-state index in [9.17, 15) is 10.1 Å². The van der Waals surface area contributed by atoms with E-state index in [1.54, 1.807) is 0 Å². The summed E-state index contributed by atoms with van der Waals surface area (Å²) in [5.74, 6) is 0. The maximum atomic E-state index is 11.2. The number of benzene rings is 1. The lowest BCUT2D eigenvalue weighted by Gasteiger charge is -2.29. The monoisotopic (exact) mass is 265 g/mol. The Bertz CT molecular complexity index is 467. The van der Waals surface area contributed by atoms with Crippen LogP contribution in [0.2, 0.25) is 0 Å². The Morgan fingerprint density at radius 2 is 2.00 bits per heavy atom. The molecule has 19 heavy (non-hydrogen) atoms. The van der Waals surface area contributed by atoms with Gasteiger partial charge in [-0.1, -0.05) is 24.3 Å². The second kappa shape index (κ2) is 5.27. The second-order valence-electron chi connectivity index (χ2n) is 5.80. The summed E-state index contributed by atoms with van der Waals surface area (Å²) < 4.78 is 0. The van der Waals surface area contributed by atoms with Crippen molar-refractivity contribution in [2.24, 2.45) is 0 Å². The van der Waals surface area contributed by atoms with Crippen molar-refractivity contribution in [3.63, 3.8) is 0 Å². The van der Waals surface area contributed by atoms with Gasteiger partial charge in [-0.15, -0.1) is 0 Å². The van der Waals surface area contributed by atoms with E-state index in [1.165, 1.54) is 0 Å². The molecule has 5 heteroatoms.